The summed E-state index contributed by atoms with van der Waals surface area (Å²) in [7, 11) is 0. The van der Waals surface area contributed by atoms with Crippen molar-refractivity contribution in [1.29, 1.82) is 0 Å². The van der Waals surface area contributed by atoms with Crippen LogP contribution in [0.2, 0.25) is 0 Å². The van der Waals surface area contributed by atoms with Crippen LogP contribution in [-0.2, 0) is 9.78 Å². The molecule has 0 bridgehead atoms. The van der Waals surface area contributed by atoms with Gasteiger partial charge in [0.05, 0.1) is 6.61 Å². The molecule has 13 heavy (non-hydrogen) atoms. The Balaban J connectivity index is 3.21. The first-order chi connectivity index (χ1) is 6.20. The van der Waals surface area contributed by atoms with Crippen molar-refractivity contribution in [1.82, 2.24) is 0 Å². The summed E-state index contributed by atoms with van der Waals surface area (Å²) >= 11 is 0. The van der Waals surface area contributed by atoms with Gasteiger partial charge in [0.25, 0.3) is 0 Å². The van der Waals surface area contributed by atoms with Crippen LogP contribution in [-0.4, -0.2) is 40.9 Å². The molecule has 0 fully saturated rings. The molecule has 3 N–H and O–H groups in total. The lowest BCUT2D eigenvalue weighted by molar-refractivity contribution is -0.377. The van der Waals surface area contributed by atoms with E-state index < -0.39 is 12.4 Å². The van der Waals surface area contributed by atoms with E-state index in [0.29, 0.717) is 6.42 Å². The van der Waals surface area contributed by atoms with E-state index >= 15 is 0 Å². The summed E-state index contributed by atoms with van der Waals surface area (Å²) in [5.41, 5.74) is 0. The van der Waals surface area contributed by atoms with Crippen LogP contribution in [0.15, 0.2) is 0 Å². The van der Waals surface area contributed by atoms with Crippen molar-refractivity contribution in [3.63, 3.8) is 0 Å². The lowest BCUT2D eigenvalue weighted by Gasteiger charge is -2.11. The molecule has 2 unspecified atom stereocenters. The summed E-state index contributed by atoms with van der Waals surface area (Å²) in [6, 6.07) is 0. The first-order valence-corrected chi connectivity index (χ1v) is 4.46. The fraction of sp³-hybridized carbons (Fsp3) is 1.00. The minimum Gasteiger partial charge on any atom is -0.394 e. The molecular formula is C8H18O5. The van der Waals surface area contributed by atoms with Crippen LogP contribution in [0.4, 0.5) is 0 Å². The van der Waals surface area contributed by atoms with Crippen molar-refractivity contribution >= 4 is 0 Å². The maximum absolute atomic E-state index is 9.07. The Morgan fingerprint density at radius 3 is 2.54 bits per heavy atom. The van der Waals surface area contributed by atoms with Gasteiger partial charge in [-0.25, -0.2) is 9.78 Å². The largest absolute Gasteiger partial charge is 0.394 e. The van der Waals surface area contributed by atoms with Crippen molar-refractivity contribution in [2.45, 2.75) is 38.6 Å². The molecule has 0 rings (SSSR count). The van der Waals surface area contributed by atoms with Crippen molar-refractivity contribution in [2.75, 3.05) is 13.2 Å². The summed E-state index contributed by atoms with van der Waals surface area (Å²) in [5.74, 6) is 0. The van der Waals surface area contributed by atoms with Crippen molar-refractivity contribution < 1.29 is 25.1 Å². The van der Waals surface area contributed by atoms with Gasteiger partial charge in [-0.15, -0.1) is 0 Å². The number of hydrogen-bond acceptors (Lipinski definition) is 5. The van der Waals surface area contributed by atoms with Crippen LogP contribution in [0.3, 0.4) is 0 Å². The predicted molar refractivity (Wildman–Crippen MR) is 45.7 cm³/mol. The zero-order valence-electron chi connectivity index (χ0n) is 7.85. The van der Waals surface area contributed by atoms with Gasteiger partial charge in [0, 0.05) is 6.42 Å². The summed E-state index contributed by atoms with van der Waals surface area (Å²) < 4.78 is 0. The highest BCUT2D eigenvalue weighted by atomic mass is 17.2. The Hall–Kier alpha value is -0.200. The molecule has 0 amide bonds. The number of unbranched alkanes of at least 4 members (excludes halogenated alkanes) is 1. The van der Waals surface area contributed by atoms with Crippen LogP contribution >= 0.6 is 0 Å². The van der Waals surface area contributed by atoms with E-state index in [4.69, 9.17) is 15.3 Å². The Morgan fingerprint density at radius 2 is 2.00 bits per heavy atom. The maximum atomic E-state index is 9.07. The molecule has 0 heterocycles. The quantitative estimate of drug-likeness (QED) is 0.283. The van der Waals surface area contributed by atoms with Crippen LogP contribution in [0.25, 0.3) is 0 Å². The van der Waals surface area contributed by atoms with Crippen LogP contribution in [0, 0.1) is 0 Å². The molecule has 0 aliphatic heterocycles. The monoisotopic (exact) mass is 194 g/mol. The fourth-order valence-corrected chi connectivity index (χ4v) is 0.676. The van der Waals surface area contributed by atoms with Gasteiger partial charge in [0.1, 0.15) is 12.7 Å². The summed E-state index contributed by atoms with van der Waals surface area (Å²) in [6.45, 7) is 1.48. The second kappa shape index (κ2) is 8.40. The zero-order valence-corrected chi connectivity index (χ0v) is 7.85. The van der Waals surface area contributed by atoms with Gasteiger partial charge in [-0.3, -0.25) is 0 Å². The first-order valence-electron chi connectivity index (χ1n) is 4.46. The van der Waals surface area contributed by atoms with Gasteiger partial charge in [-0.2, -0.15) is 0 Å². The second-order valence-electron chi connectivity index (χ2n) is 2.81. The molecule has 0 aromatic carbocycles. The third kappa shape index (κ3) is 8.14. The molecule has 0 spiro atoms. The number of aliphatic hydroxyl groups excluding tert-OH is 3. The van der Waals surface area contributed by atoms with Crippen molar-refractivity contribution in [3.8, 4) is 0 Å². The van der Waals surface area contributed by atoms with Gasteiger partial charge in [-0.1, -0.05) is 13.3 Å². The molecule has 5 heteroatoms. The molecule has 0 aromatic rings. The fourth-order valence-electron chi connectivity index (χ4n) is 0.676. The van der Waals surface area contributed by atoms with E-state index in [0.717, 1.165) is 12.8 Å². The van der Waals surface area contributed by atoms with E-state index in [-0.39, 0.29) is 13.2 Å². The van der Waals surface area contributed by atoms with E-state index in [1.54, 1.807) is 0 Å². The van der Waals surface area contributed by atoms with E-state index in [1.807, 2.05) is 6.92 Å². The third-order valence-corrected chi connectivity index (χ3v) is 1.45. The highest BCUT2D eigenvalue weighted by Crippen LogP contribution is 2.02. The van der Waals surface area contributed by atoms with Gasteiger partial charge < -0.3 is 15.3 Å². The lowest BCUT2D eigenvalue weighted by atomic mass is 10.2. The standard InChI is InChI=1S/C8H18O5/c1-2-3-4-8(11)13-12-6-7(10)5-9/h7-11H,2-6H2,1H3. The highest BCUT2D eigenvalue weighted by molar-refractivity contribution is 4.46. The van der Waals surface area contributed by atoms with Gasteiger partial charge in [0.15, 0.2) is 6.29 Å². The lowest BCUT2D eigenvalue weighted by Crippen LogP contribution is -2.22. The van der Waals surface area contributed by atoms with Crippen molar-refractivity contribution in [3.05, 3.63) is 0 Å². The molecular weight excluding hydrogens is 176 g/mol. The average Bonchev–Trinajstić information content (AvgIpc) is 2.14. The molecule has 5 nitrogen and oxygen atoms in total. The van der Waals surface area contributed by atoms with Crippen molar-refractivity contribution in [2.24, 2.45) is 0 Å². The molecule has 2 atom stereocenters. The Bertz CT molecular complexity index is 109. The third-order valence-electron chi connectivity index (χ3n) is 1.45. The molecule has 0 aromatic heterocycles. The maximum Gasteiger partial charge on any atom is 0.188 e. The predicted octanol–water partition coefficient (Wildman–Crippen LogP) is -0.204. The molecule has 0 aliphatic rings. The molecule has 0 radical (unpaired) electrons. The smallest absolute Gasteiger partial charge is 0.188 e. The van der Waals surface area contributed by atoms with Crippen LogP contribution < -0.4 is 0 Å². The summed E-state index contributed by atoms with van der Waals surface area (Å²) in [4.78, 5) is 8.99. The Kier molecular flexibility index (Phi) is 8.27. The topological polar surface area (TPSA) is 79.2 Å². The summed E-state index contributed by atoms with van der Waals surface area (Å²) in [6.07, 6.45) is 0.419. The number of rotatable bonds is 8. The molecule has 0 aliphatic carbocycles. The average molecular weight is 194 g/mol. The Morgan fingerprint density at radius 1 is 1.31 bits per heavy atom. The zero-order chi connectivity index (χ0) is 10.1. The van der Waals surface area contributed by atoms with Gasteiger partial charge >= 0.3 is 0 Å². The molecule has 0 saturated heterocycles. The molecule has 0 saturated carbocycles. The molecule has 80 valence electrons. The van der Waals surface area contributed by atoms with Gasteiger partial charge in [-0.05, 0) is 6.42 Å². The first kappa shape index (κ1) is 12.8. The van der Waals surface area contributed by atoms with Gasteiger partial charge in [0.2, 0.25) is 0 Å². The van der Waals surface area contributed by atoms with E-state index in [2.05, 4.69) is 9.78 Å². The number of aliphatic hydroxyl groups is 3. The minimum absolute atomic E-state index is 0.139. The Labute approximate surface area is 77.8 Å². The number of hydrogen-bond donors (Lipinski definition) is 3. The summed E-state index contributed by atoms with van der Waals surface area (Å²) in [5, 5.41) is 26.3. The highest BCUT2D eigenvalue weighted by Gasteiger charge is 2.06. The normalized spacial score (nSPS) is 15.7. The van der Waals surface area contributed by atoms with Crippen LogP contribution in [0.5, 0.6) is 0 Å². The second-order valence-corrected chi connectivity index (χ2v) is 2.81. The van der Waals surface area contributed by atoms with Crippen LogP contribution in [0.1, 0.15) is 26.2 Å². The minimum atomic E-state index is -0.960. The van der Waals surface area contributed by atoms with E-state index in [9.17, 15) is 0 Å². The SMILES string of the molecule is CCCCC(O)OOCC(O)CO. The van der Waals surface area contributed by atoms with E-state index in [1.165, 1.54) is 0 Å².